The van der Waals surface area contributed by atoms with E-state index in [-0.39, 0.29) is 11.3 Å². The summed E-state index contributed by atoms with van der Waals surface area (Å²) in [5.74, 6) is -0.0299. The predicted octanol–water partition coefficient (Wildman–Crippen LogP) is 3.93. The van der Waals surface area contributed by atoms with Crippen LogP contribution < -0.4 is 10.2 Å². The third-order valence-corrected chi connectivity index (χ3v) is 3.89. The highest BCUT2D eigenvalue weighted by molar-refractivity contribution is 5.93. The zero-order valence-corrected chi connectivity index (χ0v) is 15.1. The summed E-state index contributed by atoms with van der Waals surface area (Å²) in [6.07, 6.45) is -0.866. The van der Waals surface area contributed by atoms with Gasteiger partial charge in [0.25, 0.3) is 5.91 Å². The van der Waals surface area contributed by atoms with Gasteiger partial charge in [0.05, 0.1) is 37.0 Å². The van der Waals surface area contributed by atoms with Crippen LogP contribution in [0.3, 0.4) is 0 Å². The number of methoxy groups -OCH3 is 1. The molecule has 0 aliphatic carbocycles. The first-order valence-corrected chi connectivity index (χ1v) is 8.34. The van der Waals surface area contributed by atoms with Crippen LogP contribution in [0.15, 0.2) is 66.0 Å². The third kappa shape index (κ3) is 4.95. The van der Waals surface area contributed by atoms with E-state index in [1.165, 1.54) is 30.6 Å². The van der Waals surface area contributed by atoms with Gasteiger partial charge in [-0.15, -0.1) is 0 Å². The number of amides is 1. The summed E-state index contributed by atoms with van der Waals surface area (Å²) in [7, 11) is 1.55. The van der Waals surface area contributed by atoms with Crippen LogP contribution in [0.1, 0.15) is 21.6 Å². The largest absolute Gasteiger partial charge is 0.497 e. The summed E-state index contributed by atoms with van der Waals surface area (Å²) >= 11 is 0. The van der Waals surface area contributed by atoms with E-state index in [1.807, 2.05) is 0 Å². The number of nitrogens with zero attached hydrogens (tertiary/aromatic N) is 3. The maximum atomic E-state index is 13.0. The Morgan fingerprint density at radius 2 is 1.83 bits per heavy atom. The van der Waals surface area contributed by atoms with Gasteiger partial charge in [-0.25, -0.2) is 10.4 Å². The molecule has 0 bridgehead atoms. The van der Waals surface area contributed by atoms with Crippen molar-refractivity contribution >= 4 is 12.1 Å². The zero-order valence-electron chi connectivity index (χ0n) is 15.1. The van der Waals surface area contributed by atoms with Crippen molar-refractivity contribution < 1.29 is 22.7 Å². The molecule has 3 aromatic rings. The number of hydrogen-bond donors (Lipinski definition) is 1. The molecule has 1 amide bonds. The number of benzene rings is 2. The monoisotopic (exact) mass is 400 g/mol. The minimum absolute atomic E-state index is 0.0282. The highest BCUT2D eigenvalue weighted by atomic mass is 19.4. The van der Waals surface area contributed by atoms with E-state index >= 15 is 0 Å². The molecule has 0 saturated heterocycles. The van der Waals surface area contributed by atoms with Crippen LogP contribution in [0.5, 0.6) is 5.75 Å². The first kappa shape index (κ1) is 20.0. The van der Waals surface area contributed by atoms with Crippen LogP contribution >= 0.6 is 0 Å². The van der Waals surface area contributed by atoms with Crippen molar-refractivity contribution in [3.8, 4) is 17.0 Å². The first-order valence-electron chi connectivity index (χ1n) is 8.34. The predicted molar refractivity (Wildman–Crippen MR) is 101 cm³/mol. The lowest BCUT2D eigenvalue weighted by Crippen LogP contribution is -2.20. The minimum atomic E-state index is -4.52. The van der Waals surface area contributed by atoms with Gasteiger partial charge in [0.15, 0.2) is 0 Å². The Morgan fingerprint density at radius 1 is 1.10 bits per heavy atom. The number of halogens is 3. The van der Waals surface area contributed by atoms with Crippen molar-refractivity contribution in [1.29, 1.82) is 0 Å². The molecule has 1 aromatic heterocycles. The van der Waals surface area contributed by atoms with Gasteiger partial charge >= 0.3 is 6.18 Å². The second-order valence-electron chi connectivity index (χ2n) is 5.80. The molecule has 2 aromatic carbocycles. The summed E-state index contributed by atoms with van der Waals surface area (Å²) in [5, 5.41) is 3.61. The van der Waals surface area contributed by atoms with Gasteiger partial charge in [-0.05, 0) is 30.3 Å². The van der Waals surface area contributed by atoms with Gasteiger partial charge in [0, 0.05) is 11.1 Å². The van der Waals surface area contributed by atoms with Crippen molar-refractivity contribution in [2.75, 3.05) is 7.11 Å². The molecule has 0 fully saturated rings. The number of alkyl halides is 3. The molecule has 1 heterocycles. The number of hydrazone groups is 1. The van der Waals surface area contributed by atoms with Crippen molar-refractivity contribution in [2.45, 2.75) is 6.18 Å². The Hall–Kier alpha value is -3.75. The summed E-state index contributed by atoms with van der Waals surface area (Å²) in [6.45, 7) is 0. The lowest BCUT2D eigenvalue weighted by Gasteiger charge is -2.09. The van der Waals surface area contributed by atoms with Gasteiger partial charge in [0.2, 0.25) is 0 Å². The normalized spacial score (nSPS) is 11.4. The molecule has 3 rings (SSSR count). The van der Waals surface area contributed by atoms with E-state index in [1.54, 1.807) is 31.4 Å². The number of nitrogens with one attached hydrogen (secondary N) is 1. The fourth-order valence-corrected chi connectivity index (χ4v) is 2.46. The van der Waals surface area contributed by atoms with Crippen LogP contribution in [0.2, 0.25) is 0 Å². The fourth-order valence-electron chi connectivity index (χ4n) is 2.46. The summed E-state index contributed by atoms with van der Waals surface area (Å²) in [4.78, 5) is 20.4. The highest BCUT2D eigenvalue weighted by Gasteiger charge is 2.32. The zero-order chi connectivity index (χ0) is 20.9. The van der Waals surface area contributed by atoms with Gasteiger partial charge in [0.1, 0.15) is 11.4 Å². The molecule has 6 nitrogen and oxygen atoms in total. The molecule has 0 spiro atoms. The number of carbonyl (C=O) groups is 1. The van der Waals surface area contributed by atoms with Crippen molar-refractivity contribution in [2.24, 2.45) is 5.10 Å². The molecule has 0 atom stereocenters. The third-order valence-electron chi connectivity index (χ3n) is 3.89. The molecule has 0 aliphatic heterocycles. The molecule has 9 heteroatoms. The maximum absolute atomic E-state index is 13.0. The average Bonchev–Trinajstić information content (AvgIpc) is 2.73. The maximum Gasteiger partial charge on any atom is 0.417 e. The van der Waals surface area contributed by atoms with Crippen molar-refractivity contribution in [3.63, 3.8) is 0 Å². The Morgan fingerprint density at radius 3 is 2.52 bits per heavy atom. The molecular formula is C20H15F3N4O2. The quantitative estimate of drug-likeness (QED) is 0.520. The van der Waals surface area contributed by atoms with Crippen molar-refractivity contribution in [3.05, 3.63) is 77.7 Å². The van der Waals surface area contributed by atoms with Crippen LogP contribution in [-0.2, 0) is 6.18 Å². The molecule has 0 radical (unpaired) electrons. The number of carbonyl (C=O) groups excluding carboxylic acids is 1. The van der Waals surface area contributed by atoms with Crippen LogP contribution in [-0.4, -0.2) is 29.2 Å². The van der Waals surface area contributed by atoms with E-state index < -0.39 is 17.6 Å². The van der Waals surface area contributed by atoms with Gasteiger partial charge < -0.3 is 4.74 Å². The smallest absolute Gasteiger partial charge is 0.417 e. The molecule has 148 valence electrons. The van der Waals surface area contributed by atoms with E-state index in [9.17, 15) is 18.0 Å². The summed E-state index contributed by atoms with van der Waals surface area (Å²) < 4.78 is 44.0. The minimum Gasteiger partial charge on any atom is -0.497 e. The Labute approximate surface area is 164 Å². The number of hydrogen-bond acceptors (Lipinski definition) is 5. The van der Waals surface area contributed by atoms with Crippen LogP contribution in [0.25, 0.3) is 11.3 Å². The van der Waals surface area contributed by atoms with Crippen LogP contribution in [0.4, 0.5) is 13.2 Å². The Balaban J connectivity index is 1.74. The van der Waals surface area contributed by atoms with E-state index in [4.69, 9.17) is 4.74 Å². The summed E-state index contributed by atoms with van der Waals surface area (Å²) in [6, 6.07) is 11.9. The van der Waals surface area contributed by atoms with E-state index in [0.29, 0.717) is 11.4 Å². The molecular weight excluding hydrogens is 385 g/mol. The second-order valence-corrected chi connectivity index (χ2v) is 5.80. The Kier molecular flexibility index (Phi) is 5.87. The van der Waals surface area contributed by atoms with Crippen molar-refractivity contribution in [1.82, 2.24) is 15.4 Å². The number of rotatable bonds is 5. The van der Waals surface area contributed by atoms with E-state index in [2.05, 4.69) is 20.5 Å². The number of ether oxygens (including phenoxy) is 1. The van der Waals surface area contributed by atoms with E-state index in [0.717, 1.165) is 17.8 Å². The second kappa shape index (κ2) is 8.51. The molecule has 0 unspecified atom stereocenters. The fraction of sp³-hybridized carbons (Fsp3) is 0.100. The Bertz CT molecular complexity index is 1030. The summed E-state index contributed by atoms with van der Waals surface area (Å²) in [5.41, 5.74) is 2.29. The molecule has 0 saturated carbocycles. The molecule has 0 aliphatic rings. The van der Waals surface area contributed by atoms with Gasteiger partial charge in [-0.3, -0.25) is 9.78 Å². The highest BCUT2D eigenvalue weighted by Crippen LogP contribution is 2.31. The first-order chi connectivity index (χ1) is 13.9. The van der Waals surface area contributed by atoms with Gasteiger partial charge in [-0.1, -0.05) is 18.2 Å². The molecule has 29 heavy (non-hydrogen) atoms. The van der Waals surface area contributed by atoms with Crippen LogP contribution in [0, 0.1) is 0 Å². The lowest BCUT2D eigenvalue weighted by molar-refractivity contribution is -0.137. The lowest BCUT2D eigenvalue weighted by atomic mass is 10.1. The number of aromatic nitrogens is 2. The average molecular weight is 400 g/mol. The van der Waals surface area contributed by atoms with Gasteiger partial charge in [-0.2, -0.15) is 18.3 Å². The SMILES string of the molecule is COc1ccc(-c2cncc(C(=O)NN=Cc3ccccc3C(F)(F)F)n2)cc1. The topological polar surface area (TPSA) is 76.5 Å². The molecule has 1 N–H and O–H groups in total. The standard InChI is InChI=1S/C20H15F3N4O2/c1-29-15-8-6-13(7-9-15)17-11-24-12-18(26-17)19(28)27-25-10-14-4-2-3-5-16(14)20(21,22)23/h2-12H,1H3,(H,27,28).